The van der Waals surface area contributed by atoms with Crippen LogP contribution in [0.15, 0.2) is 22.7 Å². The van der Waals surface area contributed by atoms with Crippen molar-refractivity contribution in [2.75, 3.05) is 0 Å². The van der Waals surface area contributed by atoms with Crippen LogP contribution in [0.4, 0.5) is 0 Å². The highest BCUT2D eigenvalue weighted by Gasteiger charge is 2.09. The lowest BCUT2D eigenvalue weighted by molar-refractivity contribution is 1.04. The number of hydrogen-bond acceptors (Lipinski definition) is 3. The van der Waals surface area contributed by atoms with Crippen LogP contribution >= 0.6 is 50.5 Å². The fourth-order valence-corrected chi connectivity index (χ4v) is 2.64. The molecule has 78 valence electrons. The van der Waals surface area contributed by atoms with Crippen molar-refractivity contribution in [3.05, 3.63) is 32.7 Å². The van der Waals surface area contributed by atoms with Gasteiger partial charge in [0.05, 0.1) is 10.9 Å². The van der Waals surface area contributed by atoms with Crippen LogP contribution < -0.4 is 0 Å². The summed E-state index contributed by atoms with van der Waals surface area (Å²) in [5.41, 5.74) is 0.875. The molecule has 0 fully saturated rings. The average Bonchev–Trinajstić information content (AvgIpc) is 2.70. The first-order chi connectivity index (χ1) is 7.20. The van der Waals surface area contributed by atoms with Gasteiger partial charge in [-0.25, -0.2) is 0 Å². The van der Waals surface area contributed by atoms with E-state index in [4.69, 9.17) is 23.2 Å². The zero-order chi connectivity index (χ0) is 10.8. The molecule has 0 spiro atoms. The maximum atomic E-state index is 6.07. The van der Waals surface area contributed by atoms with Gasteiger partial charge in [0.15, 0.2) is 0 Å². The van der Waals surface area contributed by atoms with Gasteiger partial charge < -0.3 is 0 Å². The molecule has 0 aliphatic heterocycles. The quantitative estimate of drug-likeness (QED) is 0.767. The number of halogens is 3. The molecule has 1 aromatic carbocycles. The second kappa shape index (κ2) is 4.78. The Morgan fingerprint density at radius 1 is 1.33 bits per heavy atom. The first-order valence-corrected chi connectivity index (χ1v) is 6.56. The molecule has 0 aliphatic carbocycles. The largest absolute Gasteiger partial charge is 0.149 e. The smallest absolute Gasteiger partial charge is 0.142 e. The average molecular weight is 324 g/mol. The number of aromatic nitrogens is 2. The van der Waals surface area contributed by atoms with Gasteiger partial charge in [0, 0.05) is 10.0 Å². The minimum Gasteiger partial charge on any atom is -0.142 e. The molecule has 15 heavy (non-hydrogen) atoms. The third-order valence-corrected chi connectivity index (χ3v) is 3.93. The second-order valence-corrected chi connectivity index (χ2v) is 5.41. The third kappa shape index (κ3) is 2.50. The molecular formula is C9H5BrCl2N2S. The van der Waals surface area contributed by atoms with E-state index in [1.807, 2.05) is 18.2 Å². The molecule has 0 saturated carbocycles. The van der Waals surface area contributed by atoms with Crippen molar-refractivity contribution >= 4 is 50.5 Å². The van der Waals surface area contributed by atoms with Gasteiger partial charge in [-0.2, -0.15) is 0 Å². The van der Waals surface area contributed by atoms with E-state index in [1.165, 1.54) is 11.3 Å². The van der Waals surface area contributed by atoms with Crippen molar-refractivity contribution in [1.82, 2.24) is 10.2 Å². The number of alkyl halides is 1. The first-order valence-electron chi connectivity index (χ1n) is 4.04. The molecule has 0 amide bonds. The van der Waals surface area contributed by atoms with Crippen LogP contribution in [0.5, 0.6) is 0 Å². The zero-order valence-corrected chi connectivity index (χ0v) is 11.3. The Bertz CT molecular complexity index is 487. The van der Waals surface area contributed by atoms with E-state index >= 15 is 0 Å². The molecule has 2 nitrogen and oxygen atoms in total. The van der Waals surface area contributed by atoms with Crippen LogP contribution in [-0.2, 0) is 5.88 Å². The van der Waals surface area contributed by atoms with Gasteiger partial charge in [0.25, 0.3) is 0 Å². The minimum atomic E-state index is 0.378. The minimum absolute atomic E-state index is 0.378. The molecule has 0 atom stereocenters. The highest BCUT2D eigenvalue weighted by molar-refractivity contribution is 9.10. The Morgan fingerprint density at radius 3 is 2.80 bits per heavy atom. The number of hydrogen-bond donors (Lipinski definition) is 0. The second-order valence-electron chi connectivity index (χ2n) is 2.76. The van der Waals surface area contributed by atoms with E-state index in [0.29, 0.717) is 10.9 Å². The van der Waals surface area contributed by atoms with Crippen molar-refractivity contribution in [2.45, 2.75) is 5.88 Å². The Hall–Kier alpha value is -0.160. The lowest BCUT2D eigenvalue weighted by atomic mass is 10.2. The number of nitrogens with zero attached hydrogens (tertiary/aromatic N) is 2. The highest BCUT2D eigenvalue weighted by atomic mass is 79.9. The van der Waals surface area contributed by atoms with Crippen LogP contribution in [0.3, 0.4) is 0 Å². The fraction of sp³-hybridized carbons (Fsp3) is 0.111. The van der Waals surface area contributed by atoms with Gasteiger partial charge in [-0.1, -0.05) is 38.9 Å². The molecule has 1 aromatic heterocycles. The van der Waals surface area contributed by atoms with E-state index < -0.39 is 0 Å². The van der Waals surface area contributed by atoms with E-state index in [0.717, 1.165) is 20.1 Å². The SMILES string of the molecule is ClCc1nnc(-c2cc(Br)ccc2Cl)s1. The maximum Gasteiger partial charge on any atom is 0.149 e. The summed E-state index contributed by atoms with van der Waals surface area (Å²) in [6.45, 7) is 0. The van der Waals surface area contributed by atoms with Gasteiger partial charge in [-0.05, 0) is 18.2 Å². The summed E-state index contributed by atoms with van der Waals surface area (Å²) in [7, 11) is 0. The molecule has 0 unspecified atom stereocenters. The van der Waals surface area contributed by atoms with Crippen molar-refractivity contribution in [1.29, 1.82) is 0 Å². The molecule has 2 aromatic rings. The fourth-order valence-electron chi connectivity index (χ4n) is 1.08. The van der Waals surface area contributed by atoms with Crippen molar-refractivity contribution in [3.8, 4) is 10.6 Å². The summed E-state index contributed by atoms with van der Waals surface area (Å²) in [6, 6.07) is 5.62. The monoisotopic (exact) mass is 322 g/mol. The molecule has 1 heterocycles. The van der Waals surface area contributed by atoms with E-state index in [1.54, 1.807) is 0 Å². The summed E-state index contributed by atoms with van der Waals surface area (Å²) in [4.78, 5) is 0. The number of rotatable bonds is 2. The highest BCUT2D eigenvalue weighted by Crippen LogP contribution is 2.32. The van der Waals surface area contributed by atoms with Crippen LogP contribution in [-0.4, -0.2) is 10.2 Å². The summed E-state index contributed by atoms with van der Waals surface area (Å²) in [5, 5.41) is 10.2. The standard InChI is InChI=1S/C9H5BrCl2N2S/c10-5-1-2-7(12)6(3-5)9-14-13-8(4-11)15-9/h1-3H,4H2. The van der Waals surface area contributed by atoms with Gasteiger partial charge in [-0.3, -0.25) is 0 Å². The molecule has 0 radical (unpaired) electrons. The van der Waals surface area contributed by atoms with Gasteiger partial charge >= 0.3 is 0 Å². The molecule has 0 aliphatic rings. The number of benzene rings is 1. The van der Waals surface area contributed by atoms with Crippen LogP contribution in [0, 0.1) is 0 Å². The summed E-state index contributed by atoms with van der Waals surface area (Å²) >= 11 is 16.6. The first kappa shape index (κ1) is 11.3. The molecule has 2 rings (SSSR count). The topological polar surface area (TPSA) is 25.8 Å². The lowest BCUT2D eigenvalue weighted by Gasteiger charge is -1.99. The molecule has 0 saturated heterocycles. The zero-order valence-electron chi connectivity index (χ0n) is 7.38. The molecular weight excluding hydrogens is 319 g/mol. The van der Waals surface area contributed by atoms with Crippen molar-refractivity contribution < 1.29 is 0 Å². The van der Waals surface area contributed by atoms with E-state index in [9.17, 15) is 0 Å². The van der Waals surface area contributed by atoms with Crippen molar-refractivity contribution in [2.24, 2.45) is 0 Å². The van der Waals surface area contributed by atoms with Gasteiger partial charge in [-0.15, -0.1) is 21.8 Å². The van der Waals surface area contributed by atoms with Crippen LogP contribution in [0.25, 0.3) is 10.6 Å². The Labute approximate surface area is 109 Å². The maximum absolute atomic E-state index is 6.07. The van der Waals surface area contributed by atoms with Crippen LogP contribution in [0.2, 0.25) is 5.02 Å². The van der Waals surface area contributed by atoms with Crippen LogP contribution in [0.1, 0.15) is 5.01 Å². The lowest BCUT2D eigenvalue weighted by Crippen LogP contribution is -1.79. The van der Waals surface area contributed by atoms with E-state index in [-0.39, 0.29) is 0 Å². The van der Waals surface area contributed by atoms with E-state index in [2.05, 4.69) is 26.1 Å². The predicted octanol–water partition coefficient (Wildman–Crippen LogP) is 4.36. The Kier molecular flexibility index (Phi) is 3.61. The van der Waals surface area contributed by atoms with Crippen molar-refractivity contribution in [3.63, 3.8) is 0 Å². The molecule has 6 heteroatoms. The Morgan fingerprint density at radius 2 is 2.13 bits per heavy atom. The summed E-state index contributed by atoms with van der Waals surface area (Å²) < 4.78 is 0.963. The summed E-state index contributed by atoms with van der Waals surface area (Å²) in [5.74, 6) is 0.378. The molecule has 0 bridgehead atoms. The Balaban J connectivity index is 2.48. The third-order valence-electron chi connectivity index (χ3n) is 1.74. The molecule has 0 N–H and O–H groups in total. The van der Waals surface area contributed by atoms with Gasteiger partial charge in [0.1, 0.15) is 10.0 Å². The summed E-state index contributed by atoms with van der Waals surface area (Å²) in [6.07, 6.45) is 0. The van der Waals surface area contributed by atoms with Gasteiger partial charge in [0.2, 0.25) is 0 Å². The normalized spacial score (nSPS) is 10.6. The predicted molar refractivity (Wildman–Crippen MR) is 67.6 cm³/mol.